The summed E-state index contributed by atoms with van der Waals surface area (Å²) in [6.07, 6.45) is 0.661. The molecule has 0 amide bonds. The van der Waals surface area contributed by atoms with Crippen LogP contribution in [0, 0.1) is 40.5 Å². The predicted octanol–water partition coefficient (Wildman–Crippen LogP) is 8.29. The first-order valence-electron chi connectivity index (χ1n) is 14.9. The summed E-state index contributed by atoms with van der Waals surface area (Å²) in [5, 5.41) is 46.6. The summed E-state index contributed by atoms with van der Waals surface area (Å²) in [7, 11) is 0. The van der Waals surface area contributed by atoms with E-state index in [1.807, 2.05) is 0 Å². The number of benzene rings is 2. The molecule has 0 saturated heterocycles. The van der Waals surface area contributed by atoms with Crippen molar-refractivity contribution in [2.24, 2.45) is 0 Å². The minimum Gasteiger partial charge on any atom is -0.431 e. The van der Waals surface area contributed by atoms with E-state index >= 15 is 8.78 Å². The second kappa shape index (κ2) is 15.0. The molecule has 46 heavy (non-hydrogen) atoms. The molecule has 4 rings (SSSR count). The number of ether oxygens (including phenoxy) is 2. The topological polar surface area (TPSA) is 208 Å². The maximum Gasteiger partial charge on any atom is 0.508 e. The number of hydrogen-bond donors (Lipinski definition) is 0. The van der Waals surface area contributed by atoms with Crippen LogP contribution < -0.4 is 0 Å². The number of rotatable bonds is 12. The Labute approximate surface area is 260 Å². The number of carbonyl (C=O) groups is 1. The van der Waals surface area contributed by atoms with E-state index in [0.29, 0.717) is 37.8 Å². The second-order valence-corrected chi connectivity index (χ2v) is 11.4. The van der Waals surface area contributed by atoms with Gasteiger partial charge in [0.15, 0.2) is 12.3 Å². The molecular weight excluding hydrogens is 618 g/mol. The summed E-state index contributed by atoms with van der Waals surface area (Å²) in [6.45, 7) is -2.20. The van der Waals surface area contributed by atoms with Gasteiger partial charge in [-0.2, -0.15) is 0 Å². The van der Waals surface area contributed by atoms with Crippen LogP contribution in [0.2, 0.25) is 0 Å². The molecular formula is C29H32F2N4O11. The third-order valence-corrected chi connectivity index (χ3v) is 8.58. The fourth-order valence-corrected chi connectivity index (χ4v) is 6.48. The van der Waals surface area contributed by atoms with Gasteiger partial charge < -0.3 is 9.47 Å². The zero-order valence-electron chi connectivity index (χ0n) is 24.6. The SMILES string of the molecule is O=C(OCC(F)c1c(C2CCCCC2)cc([N+](=O)[O-])cc1[N+](=O)[O-])OCC(F)c1c(C2CCCCC2)cc([N+](=O)[O-])cc1[N+](=O)[O-]. The monoisotopic (exact) mass is 650 g/mol. The van der Waals surface area contributed by atoms with Gasteiger partial charge in [-0.15, -0.1) is 0 Å². The fraction of sp³-hybridized carbons (Fsp3) is 0.552. The molecule has 2 aliphatic carbocycles. The fourth-order valence-electron chi connectivity index (χ4n) is 6.48. The molecule has 0 aliphatic heterocycles. The molecule has 2 fully saturated rings. The highest BCUT2D eigenvalue weighted by Gasteiger charge is 2.36. The third-order valence-electron chi connectivity index (χ3n) is 8.58. The number of non-ortho nitro benzene ring substituents is 2. The van der Waals surface area contributed by atoms with Gasteiger partial charge in [0.25, 0.3) is 22.7 Å². The summed E-state index contributed by atoms with van der Waals surface area (Å²) in [5.41, 5.74) is -3.61. The molecule has 0 heterocycles. The van der Waals surface area contributed by atoms with Crippen LogP contribution in [-0.4, -0.2) is 39.1 Å². The van der Waals surface area contributed by atoms with Gasteiger partial charge in [0.05, 0.1) is 43.0 Å². The summed E-state index contributed by atoms with van der Waals surface area (Å²) in [5.74, 6) is -0.786. The Bertz CT molecular complexity index is 1400. The van der Waals surface area contributed by atoms with Gasteiger partial charge >= 0.3 is 6.16 Å². The van der Waals surface area contributed by atoms with Gasteiger partial charge in [-0.3, -0.25) is 40.5 Å². The van der Waals surface area contributed by atoms with Crippen LogP contribution in [0.15, 0.2) is 24.3 Å². The molecule has 15 nitrogen and oxygen atoms in total. The summed E-state index contributed by atoms with van der Waals surface area (Å²) in [4.78, 5) is 55.4. The highest BCUT2D eigenvalue weighted by Crippen LogP contribution is 2.45. The lowest BCUT2D eigenvalue weighted by Gasteiger charge is -2.25. The van der Waals surface area contributed by atoms with Crippen LogP contribution in [0.1, 0.15) is 111 Å². The number of nitrogens with zero attached hydrogens (tertiary/aromatic N) is 4. The molecule has 0 aromatic heterocycles. The number of nitro benzene ring substituents is 4. The third kappa shape index (κ3) is 7.87. The minimum atomic E-state index is -2.29. The smallest absolute Gasteiger partial charge is 0.431 e. The summed E-state index contributed by atoms with van der Waals surface area (Å²) >= 11 is 0. The Morgan fingerprint density at radius 2 is 0.978 bits per heavy atom. The van der Waals surface area contributed by atoms with E-state index in [2.05, 4.69) is 0 Å². The van der Waals surface area contributed by atoms with Crippen LogP contribution in [0.4, 0.5) is 36.3 Å². The first kappa shape index (κ1) is 34.1. The average Bonchev–Trinajstić information content (AvgIpc) is 3.05. The highest BCUT2D eigenvalue weighted by atomic mass is 19.1. The number of carbonyl (C=O) groups excluding carboxylic acids is 1. The van der Waals surface area contributed by atoms with Crippen LogP contribution in [0.3, 0.4) is 0 Å². The van der Waals surface area contributed by atoms with Gasteiger partial charge in [-0.25, -0.2) is 13.6 Å². The van der Waals surface area contributed by atoms with Crippen molar-refractivity contribution < 1.29 is 42.7 Å². The van der Waals surface area contributed by atoms with E-state index in [4.69, 9.17) is 9.47 Å². The van der Waals surface area contributed by atoms with Gasteiger partial charge in [0.1, 0.15) is 13.2 Å². The lowest BCUT2D eigenvalue weighted by atomic mass is 9.80. The van der Waals surface area contributed by atoms with Crippen molar-refractivity contribution in [3.8, 4) is 0 Å². The Hall–Kier alpha value is -4.83. The zero-order chi connectivity index (χ0) is 33.5. The van der Waals surface area contributed by atoms with Crippen molar-refractivity contribution >= 4 is 28.9 Å². The molecule has 17 heteroatoms. The van der Waals surface area contributed by atoms with E-state index in [0.717, 1.165) is 50.7 Å². The summed E-state index contributed by atoms with van der Waals surface area (Å²) < 4.78 is 40.8. The molecule has 2 atom stereocenters. The van der Waals surface area contributed by atoms with Crippen molar-refractivity contribution in [1.29, 1.82) is 0 Å². The van der Waals surface area contributed by atoms with Gasteiger partial charge in [0.2, 0.25) is 0 Å². The van der Waals surface area contributed by atoms with E-state index in [-0.39, 0.29) is 11.1 Å². The van der Waals surface area contributed by atoms with Crippen molar-refractivity contribution in [2.75, 3.05) is 13.2 Å². The summed E-state index contributed by atoms with van der Waals surface area (Å²) in [6, 6.07) is 3.47. The molecule has 2 unspecified atom stereocenters. The first-order chi connectivity index (χ1) is 21.9. The highest BCUT2D eigenvalue weighted by molar-refractivity contribution is 5.61. The van der Waals surface area contributed by atoms with Crippen molar-refractivity contribution in [3.05, 3.63) is 87.0 Å². The van der Waals surface area contributed by atoms with Crippen molar-refractivity contribution in [3.63, 3.8) is 0 Å². The Balaban J connectivity index is 1.52. The molecule has 0 N–H and O–H groups in total. The first-order valence-corrected chi connectivity index (χ1v) is 14.9. The van der Waals surface area contributed by atoms with Crippen LogP contribution in [0.5, 0.6) is 0 Å². The van der Waals surface area contributed by atoms with Crippen LogP contribution >= 0.6 is 0 Å². The maximum absolute atomic E-state index is 15.6. The van der Waals surface area contributed by atoms with Crippen LogP contribution in [0.25, 0.3) is 0 Å². The molecule has 248 valence electrons. The zero-order valence-corrected chi connectivity index (χ0v) is 24.6. The second-order valence-electron chi connectivity index (χ2n) is 11.4. The predicted molar refractivity (Wildman–Crippen MR) is 156 cm³/mol. The molecule has 2 aromatic rings. The molecule has 0 spiro atoms. The normalized spacial score (nSPS) is 17.1. The molecule has 0 radical (unpaired) electrons. The quantitative estimate of drug-likeness (QED) is 0.121. The van der Waals surface area contributed by atoms with Crippen molar-refractivity contribution in [2.45, 2.75) is 88.4 Å². The largest absolute Gasteiger partial charge is 0.508 e. The van der Waals surface area contributed by atoms with E-state index in [1.54, 1.807) is 0 Å². The Morgan fingerprint density at radius 1 is 0.630 bits per heavy atom. The molecule has 2 aliphatic rings. The van der Waals surface area contributed by atoms with E-state index in [1.165, 1.54) is 0 Å². The number of nitro groups is 4. The number of hydrogen-bond acceptors (Lipinski definition) is 11. The minimum absolute atomic E-state index is 0.0783. The van der Waals surface area contributed by atoms with Gasteiger partial charge in [-0.05, 0) is 48.6 Å². The van der Waals surface area contributed by atoms with Gasteiger partial charge in [0, 0.05) is 12.1 Å². The number of halogens is 2. The molecule has 2 aromatic carbocycles. The van der Waals surface area contributed by atoms with E-state index < -0.39 is 97.1 Å². The number of alkyl halides is 2. The molecule has 2 saturated carbocycles. The van der Waals surface area contributed by atoms with Gasteiger partial charge in [-0.1, -0.05) is 38.5 Å². The maximum atomic E-state index is 15.6. The van der Waals surface area contributed by atoms with E-state index in [9.17, 15) is 45.3 Å². The van der Waals surface area contributed by atoms with Crippen molar-refractivity contribution in [1.82, 2.24) is 0 Å². The average molecular weight is 651 g/mol. The Kier molecular flexibility index (Phi) is 11.1. The Morgan fingerprint density at radius 3 is 1.28 bits per heavy atom. The molecule has 0 bridgehead atoms. The lowest BCUT2D eigenvalue weighted by molar-refractivity contribution is -0.395. The lowest BCUT2D eigenvalue weighted by Crippen LogP contribution is -2.19. The van der Waals surface area contributed by atoms with Crippen LogP contribution in [-0.2, 0) is 9.47 Å². The standard InChI is InChI=1S/C29H32F2N4O11/c30-23(27-21(17-7-3-1-4-8-17)11-19(32(37)38)13-25(27)34(41)42)15-45-29(36)46-16-24(31)28-22(18-9-5-2-6-10-18)12-20(33(39)40)14-26(28)35(43)44/h11-14,17-18,23-24H,1-10,15-16H2.